The van der Waals surface area contributed by atoms with E-state index in [1.165, 1.54) is 24.3 Å². The highest BCUT2D eigenvalue weighted by Gasteiger charge is 2.17. The van der Waals surface area contributed by atoms with Crippen LogP contribution in [0.2, 0.25) is 0 Å². The van der Waals surface area contributed by atoms with Gasteiger partial charge in [0.05, 0.1) is 11.7 Å². The Labute approximate surface area is 120 Å². The van der Waals surface area contributed by atoms with Crippen LogP contribution in [0.5, 0.6) is 5.75 Å². The molecule has 4 N–H and O–H groups in total. The van der Waals surface area contributed by atoms with E-state index in [1.54, 1.807) is 12.1 Å². The van der Waals surface area contributed by atoms with Crippen LogP contribution in [0.25, 0.3) is 0 Å². The third-order valence-corrected chi connectivity index (χ3v) is 2.94. The SMILES string of the molecule is NC(Cc1ccc(O)cc1)C(=O)Nc1cccc(F)c1F. The van der Waals surface area contributed by atoms with Crippen molar-refractivity contribution in [1.82, 2.24) is 0 Å². The molecule has 0 aliphatic heterocycles. The third kappa shape index (κ3) is 3.76. The Kier molecular flexibility index (Phi) is 4.49. The van der Waals surface area contributed by atoms with Gasteiger partial charge in [0, 0.05) is 0 Å². The van der Waals surface area contributed by atoms with E-state index < -0.39 is 23.6 Å². The van der Waals surface area contributed by atoms with E-state index in [4.69, 9.17) is 10.8 Å². The van der Waals surface area contributed by atoms with Gasteiger partial charge in [-0.1, -0.05) is 18.2 Å². The van der Waals surface area contributed by atoms with Gasteiger partial charge in [-0.25, -0.2) is 8.78 Å². The van der Waals surface area contributed by atoms with Crippen LogP contribution in [0.3, 0.4) is 0 Å². The van der Waals surface area contributed by atoms with E-state index in [-0.39, 0.29) is 17.9 Å². The Balaban J connectivity index is 2.02. The number of carbonyl (C=O) groups is 1. The maximum Gasteiger partial charge on any atom is 0.241 e. The predicted octanol–water partition coefficient (Wildman–Crippen LogP) is 2.18. The van der Waals surface area contributed by atoms with Gasteiger partial charge in [-0.05, 0) is 36.2 Å². The van der Waals surface area contributed by atoms with Crippen LogP contribution in [0, 0.1) is 11.6 Å². The van der Waals surface area contributed by atoms with Crippen molar-refractivity contribution in [2.45, 2.75) is 12.5 Å². The van der Waals surface area contributed by atoms with Gasteiger partial charge in [-0.15, -0.1) is 0 Å². The molecule has 2 aromatic carbocycles. The lowest BCUT2D eigenvalue weighted by Crippen LogP contribution is -2.37. The van der Waals surface area contributed by atoms with Crippen LogP contribution < -0.4 is 11.1 Å². The number of carbonyl (C=O) groups excluding carboxylic acids is 1. The van der Waals surface area contributed by atoms with E-state index in [9.17, 15) is 13.6 Å². The monoisotopic (exact) mass is 292 g/mol. The number of phenolic OH excluding ortho intramolecular Hbond substituents is 1. The molecular weight excluding hydrogens is 278 g/mol. The van der Waals surface area contributed by atoms with Gasteiger partial charge in [0.1, 0.15) is 5.75 Å². The average molecular weight is 292 g/mol. The third-order valence-electron chi connectivity index (χ3n) is 2.94. The van der Waals surface area contributed by atoms with Crippen LogP contribution in [-0.2, 0) is 11.2 Å². The number of nitrogens with two attached hydrogens (primary N) is 1. The molecule has 0 saturated heterocycles. The minimum absolute atomic E-state index is 0.110. The lowest BCUT2D eigenvalue weighted by Gasteiger charge is -2.13. The van der Waals surface area contributed by atoms with Crippen molar-refractivity contribution in [2.75, 3.05) is 5.32 Å². The zero-order valence-electron chi connectivity index (χ0n) is 11.0. The Morgan fingerprint density at radius 2 is 1.86 bits per heavy atom. The van der Waals surface area contributed by atoms with Gasteiger partial charge in [0.2, 0.25) is 5.91 Å². The summed E-state index contributed by atoms with van der Waals surface area (Å²) >= 11 is 0. The van der Waals surface area contributed by atoms with Crippen LogP contribution in [0.4, 0.5) is 14.5 Å². The van der Waals surface area contributed by atoms with Crippen LogP contribution in [0.1, 0.15) is 5.56 Å². The Morgan fingerprint density at radius 3 is 2.52 bits per heavy atom. The molecule has 6 heteroatoms. The first-order chi connectivity index (χ1) is 9.97. The van der Waals surface area contributed by atoms with E-state index >= 15 is 0 Å². The molecule has 4 nitrogen and oxygen atoms in total. The number of rotatable bonds is 4. The number of aromatic hydroxyl groups is 1. The topological polar surface area (TPSA) is 75.3 Å². The summed E-state index contributed by atoms with van der Waals surface area (Å²) in [5.74, 6) is -2.67. The summed E-state index contributed by atoms with van der Waals surface area (Å²) in [5, 5.41) is 11.4. The molecule has 1 atom stereocenters. The number of halogens is 2. The van der Waals surface area contributed by atoms with Crippen LogP contribution in [0.15, 0.2) is 42.5 Å². The first-order valence-corrected chi connectivity index (χ1v) is 6.25. The summed E-state index contributed by atoms with van der Waals surface area (Å²) in [4.78, 5) is 11.9. The smallest absolute Gasteiger partial charge is 0.241 e. The Hall–Kier alpha value is -2.47. The van der Waals surface area contributed by atoms with E-state index in [0.717, 1.165) is 11.6 Å². The number of hydrogen-bond acceptors (Lipinski definition) is 3. The van der Waals surface area contributed by atoms with Crippen molar-refractivity contribution in [1.29, 1.82) is 0 Å². The molecule has 1 unspecified atom stereocenters. The quantitative estimate of drug-likeness (QED) is 0.808. The summed E-state index contributed by atoms with van der Waals surface area (Å²) in [5.41, 5.74) is 6.23. The standard InChI is InChI=1S/C15H14F2N2O2/c16-11-2-1-3-13(14(11)17)19-15(21)12(18)8-9-4-6-10(20)7-5-9/h1-7,12,20H,8,18H2,(H,19,21). The fraction of sp³-hybridized carbons (Fsp3) is 0.133. The lowest BCUT2D eigenvalue weighted by atomic mass is 10.1. The molecule has 0 saturated carbocycles. The molecule has 0 aliphatic rings. The van der Waals surface area contributed by atoms with Crippen molar-refractivity contribution in [3.63, 3.8) is 0 Å². The van der Waals surface area contributed by atoms with E-state index in [1.807, 2.05) is 0 Å². The van der Waals surface area contributed by atoms with Gasteiger partial charge in [0.25, 0.3) is 0 Å². The van der Waals surface area contributed by atoms with Gasteiger partial charge < -0.3 is 16.2 Å². The highest BCUT2D eigenvalue weighted by Crippen LogP contribution is 2.17. The first-order valence-electron chi connectivity index (χ1n) is 6.25. The summed E-state index contributed by atoms with van der Waals surface area (Å²) in [6.07, 6.45) is 0.211. The van der Waals surface area contributed by atoms with Gasteiger partial charge in [0.15, 0.2) is 11.6 Å². The number of amides is 1. The summed E-state index contributed by atoms with van der Waals surface area (Å²) in [6.45, 7) is 0. The molecule has 0 aromatic heterocycles. The molecule has 110 valence electrons. The van der Waals surface area contributed by atoms with Gasteiger partial charge in [-0.3, -0.25) is 4.79 Å². The molecule has 2 rings (SSSR count). The lowest BCUT2D eigenvalue weighted by molar-refractivity contribution is -0.117. The van der Waals surface area contributed by atoms with Crippen LogP contribution >= 0.6 is 0 Å². The molecular formula is C15H14F2N2O2. The van der Waals surface area contributed by atoms with Crippen molar-refractivity contribution >= 4 is 11.6 Å². The molecule has 0 aliphatic carbocycles. The van der Waals surface area contributed by atoms with Gasteiger partial charge in [-0.2, -0.15) is 0 Å². The van der Waals surface area contributed by atoms with Crippen LogP contribution in [-0.4, -0.2) is 17.1 Å². The molecule has 0 spiro atoms. The number of phenols is 1. The number of anilines is 1. The Bertz CT molecular complexity index is 645. The number of nitrogens with one attached hydrogen (secondary N) is 1. The fourth-order valence-electron chi connectivity index (χ4n) is 1.80. The number of benzene rings is 2. The maximum absolute atomic E-state index is 13.4. The predicted molar refractivity (Wildman–Crippen MR) is 74.8 cm³/mol. The zero-order valence-corrected chi connectivity index (χ0v) is 11.0. The molecule has 0 fully saturated rings. The molecule has 0 heterocycles. The normalized spacial score (nSPS) is 12.0. The second kappa shape index (κ2) is 6.32. The molecule has 1 amide bonds. The van der Waals surface area contributed by atoms with E-state index in [0.29, 0.717) is 0 Å². The molecule has 21 heavy (non-hydrogen) atoms. The van der Waals surface area contributed by atoms with Crippen molar-refractivity contribution in [3.8, 4) is 5.75 Å². The average Bonchev–Trinajstić information content (AvgIpc) is 2.46. The summed E-state index contributed by atoms with van der Waals surface area (Å²) in [7, 11) is 0. The first kappa shape index (κ1) is 14.9. The molecule has 0 bridgehead atoms. The van der Waals surface area contributed by atoms with Gasteiger partial charge >= 0.3 is 0 Å². The highest BCUT2D eigenvalue weighted by molar-refractivity contribution is 5.94. The molecule has 2 aromatic rings. The zero-order chi connectivity index (χ0) is 15.4. The fourth-order valence-corrected chi connectivity index (χ4v) is 1.80. The largest absolute Gasteiger partial charge is 0.508 e. The maximum atomic E-state index is 13.4. The Morgan fingerprint density at radius 1 is 1.19 bits per heavy atom. The summed E-state index contributed by atoms with van der Waals surface area (Å²) < 4.78 is 26.5. The second-order valence-electron chi connectivity index (χ2n) is 4.57. The van der Waals surface area contributed by atoms with Crippen molar-refractivity contribution in [3.05, 3.63) is 59.7 Å². The summed E-state index contributed by atoms with van der Waals surface area (Å²) in [6, 6.07) is 8.80. The van der Waals surface area contributed by atoms with Crippen molar-refractivity contribution < 1.29 is 18.7 Å². The van der Waals surface area contributed by atoms with Crippen molar-refractivity contribution in [2.24, 2.45) is 5.73 Å². The second-order valence-corrected chi connectivity index (χ2v) is 4.57. The minimum atomic E-state index is -1.12. The minimum Gasteiger partial charge on any atom is -0.508 e. The molecule has 0 radical (unpaired) electrons. The highest BCUT2D eigenvalue weighted by atomic mass is 19.2. The number of hydrogen-bond donors (Lipinski definition) is 3. The van der Waals surface area contributed by atoms with E-state index in [2.05, 4.69) is 5.32 Å².